The van der Waals surface area contributed by atoms with Gasteiger partial charge in [0.15, 0.2) is 0 Å². The third-order valence-corrected chi connectivity index (χ3v) is 1.91. The number of aryl methyl sites for hydroxylation is 1. The van der Waals surface area contributed by atoms with Crippen LogP contribution in [0.5, 0.6) is 5.75 Å². The van der Waals surface area contributed by atoms with Gasteiger partial charge in [-0.1, -0.05) is 18.2 Å². The molecule has 0 amide bonds. The quantitative estimate of drug-likeness (QED) is 0.688. The Hall–Kier alpha value is -1.57. The molecule has 0 aromatic heterocycles. The van der Waals surface area contributed by atoms with Crippen LogP contribution in [0, 0.1) is 6.92 Å². The summed E-state index contributed by atoms with van der Waals surface area (Å²) < 4.78 is 0. The van der Waals surface area contributed by atoms with Crippen LogP contribution in [0.3, 0.4) is 0 Å². The summed E-state index contributed by atoms with van der Waals surface area (Å²) in [6, 6.07) is 3.49. The largest absolute Gasteiger partial charge is 0.506 e. The van der Waals surface area contributed by atoms with Crippen LogP contribution in [0.15, 0.2) is 23.2 Å². The van der Waals surface area contributed by atoms with Gasteiger partial charge in [0.1, 0.15) is 11.4 Å². The monoisotopic (exact) mass is 175 g/mol. The van der Waals surface area contributed by atoms with E-state index in [2.05, 4.69) is 11.7 Å². The lowest BCUT2D eigenvalue weighted by Crippen LogP contribution is -1.81. The predicted molar refractivity (Wildman–Crippen MR) is 56.8 cm³/mol. The average molecular weight is 175 g/mol. The molecule has 0 spiro atoms. The summed E-state index contributed by atoms with van der Waals surface area (Å²) in [5.41, 5.74) is 2.56. The molecule has 13 heavy (non-hydrogen) atoms. The zero-order valence-corrected chi connectivity index (χ0v) is 7.91. The molecule has 0 heterocycles. The highest BCUT2D eigenvalue weighted by atomic mass is 16.3. The number of aliphatic imine (C=N–C) groups is 1. The topological polar surface area (TPSA) is 32.6 Å². The van der Waals surface area contributed by atoms with Crippen LogP contribution in [0.1, 0.15) is 18.1 Å². The van der Waals surface area contributed by atoms with Gasteiger partial charge in [0.2, 0.25) is 0 Å². The van der Waals surface area contributed by atoms with E-state index in [1.807, 2.05) is 32.1 Å². The van der Waals surface area contributed by atoms with Crippen molar-refractivity contribution in [2.45, 2.75) is 13.8 Å². The van der Waals surface area contributed by atoms with E-state index in [-0.39, 0.29) is 5.75 Å². The van der Waals surface area contributed by atoms with Crippen molar-refractivity contribution in [2.75, 3.05) is 0 Å². The third kappa shape index (κ3) is 1.78. The molecule has 0 aliphatic rings. The van der Waals surface area contributed by atoms with Crippen LogP contribution in [0.25, 0.3) is 6.08 Å². The van der Waals surface area contributed by atoms with Crippen molar-refractivity contribution >= 4 is 18.5 Å². The first kappa shape index (κ1) is 9.52. The van der Waals surface area contributed by atoms with Crippen LogP contribution < -0.4 is 0 Å². The van der Waals surface area contributed by atoms with E-state index in [0.29, 0.717) is 5.69 Å². The molecule has 1 aromatic rings. The van der Waals surface area contributed by atoms with E-state index in [4.69, 9.17) is 0 Å². The Morgan fingerprint density at radius 2 is 2.15 bits per heavy atom. The predicted octanol–water partition coefficient (Wildman–Crippen LogP) is 3.07. The van der Waals surface area contributed by atoms with E-state index in [9.17, 15) is 5.11 Å². The standard InChI is InChI=1S/C11H13NO/c1-4-5-9-8(2)6-7-10(13)11(9)12-3/h4-7,13H,3H2,1-2H3/b5-4-. The number of benzene rings is 1. The summed E-state index contributed by atoms with van der Waals surface area (Å²) in [7, 11) is 0. The van der Waals surface area contributed by atoms with E-state index in [0.717, 1.165) is 11.1 Å². The minimum Gasteiger partial charge on any atom is -0.506 e. The number of hydrogen-bond donors (Lipinski definition) is 1. The molecular formula is C11H13NO. The Bertz CT molecular complexity index is 353. The second-order valence-electron chi connectivity index (χ2n) is 2.82. The molecule has 0 atom stereocenters. The number of allylic oxidation sites excluding steroid dienone is 1. The SMILES string of the molecule is C=Nc1c(O)ccc(C)c1/C=C\C. The van der Waals surface area contributed by atoms with Crippen LogP contribution in [0.4, 0.5) is 5.69 Å². The average Bonchev–Trinajstić information content (AvgIpc) is 2.12. The first-order chi connectivity index (χ1) is 6.20. The zero-order valence-electron chi connectivity index (χ0n) is 7.91. The maximum absolute atomic E-state index is 9.47. The lowest BCUT2D eigenvalue weighted by atomic mass is 10.1. The van der Waals surface area contributed by atoms with Gasteiger partial charge < -0.3 is 5.11 Å². The molecule has 0 saturated carbocycles. The van der Waals surface area contributed by atoms with Gasteiger partial charge in [-0.3, -0.25) is 4.99 Å². The summed E-state index contributed by atoms with van der Waals surface area (Å²) in [6.45, 7) is 7.33. The van der Waals surface area contributed by atoms with Gasteiger partial charge in [-0.15, -0.1) is 0 Å². The number of rotatable bonds is 2. The van der Waals surface area contributed by atoms with E-state index in [1.54, 1.807) is 6.07 Å². The lowest BCUT2D eigenvalue weighted by Gasteiger charge is -2.06. The molecule has 0 unspecified atom stereocenters. The molecule has 1 N–H and O–H groups in total. The number of phenolic OH excluding ortho intramolecular Hbond substituents is 1. The molecule has 0 aliphatic carbocycles. The van der Waals surface area contributed by atoms with Gasteiger partial charge in [-0.05, 0) is 32.2 Å². The van der Waals surface area contributed by atoms with Gasteiger partial charge in [-0.25, -0.2) is 0 Å². The Labute approximate surface area is 78.3 Å². The summed E-state index contributed by atoms with van der Waals surface area (Å²) in [5.74, 6) is 0.175. The van der Waals surface area contributed by atoms with Crippen molar-refractivity contribution < 1.29 is 5.11 Å². The number of aromatic hydroxyl groups is 1. The number of phenols is 1. The van der Waals surface area contributed by atoms with Crippen LogP contribution in [-0.2, 0) is 0 Å². The third-order valence-electron chi connectivity index (χ3n) is 1.91. The van der Waals surface area contributed by atoms with Crippen molar-refractivity contribution in [2.24, 2.45) is 4.99 Å². The van der Waals surface area contributed by atoms with Gasteiger partial charge in [0, 0.05) is 5.56 Å². The highest BCUT2D eigenvalue weighted by molar-refractivity contribution is 5.73. The second kappa shape index (κ2) is 3.90. The highest BCUT2D eigenvalue weighted by Crippen LogP contribution is 2.33. The zero-order chi connectivity index (χ0) is 9.84. The first-order valence-corrected chi connectivity index (χ1v) is 4.12. The van der Waals surface area contributed by atoms with Gasteiger partial charge >= 0.3 is 0 Å². The molecule has 1 rings (SSSR count). The number of hydrogen-bond acceptors (Lipinski definition) is 2. The lowest BCUT2D eigenvalue weighted by molar-refractivity contribution is 0.476. The Kier molecular flexibility index (Phi) is 2.85. The van der Waals surface area contributed by atoms with Crippen molar-refractivity contribution in [3.8, 4) is 5.75 Å². The Balaban J connectivity index is 3.42. The fourth-order valence-corrected chi connectivity index (χ4v) is 1.24. The van der Waals surface area contributed by atoms with Crippen LogP contribution >= 0.6 is 0 Å². The second-order valence-corrected chi connectivity index (χ2v) is 2.82. The van der Waals surface area contributed by atoms with E-state index < -0.39 is 0 Å². The Morgan fingerprint density at radius 3 is 2.69 bits per heavy atom. The molecule has 0 saturated heterocycles. The fourth-order valence-electron chi connectivity index (χ4n) is 1.24. The highest BCUT2D eigenvalue weighted by Gasteiger charge is 2.05. The van der Waals surface area contributed by atoms with Crippen LogP contribution in [-0.4, -0.2) is 11.8 Å². The van der Waals surface area contributed by atoms with Crippen LogP contribution in [0.2, 0.25) is 0 Å². The van der Waals surface area contributed by atoms with Gasteiger partial charge in [0.05, 0.1) is 0 Å². The molecule has 0 radical (unpaired) electrons. The smallest absolute Gasteiger partial charge is 0.141 e. The summed E-state index contributed by atoms with van der Waals surface area (Å²) in [4.78, 5) is 3.80. The molecule has 0 bridgehead atoms. The summed E-state index contributed by atoms with van der Waals surface area (Å²) in [6.07, 6.45) is 3.83. The van der Waals surface area contributed by atoms with Gasteiger partial charge in [-0.2, -0.15) is 0 Å². The van der Waals surface area contributed by atoms with Crippen molar-refractivity contribution in [1.82, 2.24) is 0 Å². The normalized spacial score (nSPS) is 10.6. The molecule has 1 aromatic carbocycles. The minimum atomic E-state index is 0.175. The molecule has 68 valence electrons. The van der Waals surface area contributed by atoms with E-state index >= 15 is 0 Å². The molecule has 2 heteroatoms. The van der Waals surface area contributed by atoms with E-state index in [1.165, 1.54) is 0 Å². The van der Waals surface area contributed by atoms with Crippen molar-refractivity contribution in [3.63, 3.8) is 0 Å². The number of nitrogens with zero attached hydrogens (tertiary/aromatic N) is 1. The van der Waals surface area contributed by atoms with Gasteiger partial charge in [0.25, 0.3) is 0 Å². The Morgan fingerprint density at radius 1 is 1.46 bits per heavy atom. The summed E-state index contributed by atoms with van der Waals surface area (Å²) in [5, 5.41) is 9.47. The molecule has 0 fully saturated rings. The molecule has 2 nitrogen and oxygen atoms in total. The fraction of sp³-hybridized carbons (Fsp3) is 0.182. The maximum Gasteiger partial charge on any atom is 0.141 e. The van der Waals surface area contributed by atoms with Crippen molar-refractivity contribution in [3.05, 3.63) is 29.3 Å². The van der Waals surface area contributed by atoms with Crippen molar-refractivity contribution in [1.29, 1.82) is 0 Å². The maximum atomic E-state index is 9.47. The summed E-state index contributed by atoms with van der Waals surface area (Å²) >= 11 is 0. The first-order valence-electron chi connectivity index (χ1n) is 4.12. The molecular weight excluding hydrogens is 162 g/mol. The minimum absolute atomic E-state index is 0.175. The molecule has 0 aliphatic heterocycles.